The number of rotatable bonds is 7. The van der Waals surface area contributed by atoms with Gasteiger partial charge in [-0.1, -0.05) is 6.92 Å². The van der Waals surface area contributed by atoms with Crippen molar-refractivity contribution in [2.45, 2.75) is 39.7 Å². The molecule has 1 atom stereocenters. The average molecular weight is 253 g/mol. The van der Waals surface area contributed by atoms with Gasteiger partial charge in [0.15, 0.2) is 0 Å². The van der Waals surface area contributed by atoms with Crippen molar-refractivity contribution in [3.8, 4) is 0 Å². The Kier molecular flexibility index (Phi) is 5.85. The molecule has 5 nitrogen and oxygen atoms in total. The number of carbonyl (C=O) groups is 1. The van der Waals surface area contributed by atoms with Crippen LogP contribution < -0.4 is 5.32 Å². The van der Waals surface area contributed by atoms with E-state index in [1.807, 2.05) is 20.0 Å². The molecule has 1 rings (SSSR count). The van der Waals surface area contributed by atoms with Gasteiger partial charge in [0.05, 0.1) is 0 Å². The van der Waals surface area contributed by atoms with Crippen molar-refractivity contribution in [2.24, 2.45) is 5.92 Å². The third-order valence-electron chi connectivity index (χ3n) is 2.84. The number of amides is 1. The Morgan fingerprint density at radius 2 is 2.22 bits per heavy atom. The maximum Gasteiger partial charge on any atom is 0.271 e. The molecular formula is C13H23N3O2. The number of aromatic nitrogens is 2. The SMILES string of the molecule is CC(CCCO)CNC(=O)c1ccn(C(C)C)n1. The minimum atomic E-state index is -0.134. The Morgan fingerprint density at radius 1 is 1.50 bits per heavy atom. The maximum atomic E-state index is 11.8. The van der Waals surface area contributed by atoms with Gasteiger partial charge < -0.3 is 10.4 Å². The van der Waals surface area contributed by atoms with Crippen molar-refractivity contribution in [2.75, 3.05) is 13.2 Å². The van der Waals surface area contributed by atoms with Gasteiger partial charge in [0, 0.05) is 25.4 Å². The van der Waals surface area contributed by atoms with Gasteiger partial charge in [0.2, 0.25) is 0 Å². The van der Waals surface area contributed by atoms with Crippen molar-refractivity contribution in [1.29, 1.82) is 0 Å². The largest absolute Gasteiger partial charge is 0.396 e. The fourth-order valence-electron chi connectivity index (χ4n) is 1.65. The molecule has 0 aliphatic carbocycles. The van der Waals surface area contributed by atoms with Crippen molar-refractivity contribution in [3.63, 3.8) is 0 Å². The van der Waals surface area contributed by atoms with Gasteiger partial charge in [0.25, 0.3) is 5.91 Å². The first kappa shape index (κ1) is 14.7. The molecule has 0 saturated heterocycles. The first-order chi connectivity index (χ1) is 8.54. The van der Waals surface area contributed by atoms with E-state index in [1.165, 1.54) is 0 Å². The van der Waals surface area contributed by atoms with E-state index in [1.54, 1.807) is 10.7 Å². The highest BCUT2D eigenvalue weighted by Gasteiger charge is 2.11. The fourth-order valence-corrected chi connectivity index (χ4v) is 1.65. The van der Waals surface area contributed by atoms with Crippen LogP contribution in [-0.4, -0.2) is 33.9 Å². The van der Waals surface area contributed by atoms with Crippen LogP contribution in [0.15, 0.2) is 12.3 Å². The number of hydrogen-bond donors (Lipinski definition) is 2. The molecule has 0 spiro atoms. The van der Waals surface area contributed by atoms with E-state index in [0.29, 0.717) is 18.2 Å². The molecule has 1 amide bonds. The lowest BCUT2D eigenvalue weighted by Gasteiger charge is -2.11. The molecule has 0 aliphatic rings. The van der Waals surface area contributed by atoms with Crippen molar-refractivity contribution >= 4 is 5.91 Å². The predicted molar refractivity (Wildman–Crippen MR) is 70.4 cm³/mol. The topological polar surface area (TPSA) is 67.2 Å². The first-order valence-electron chi connectivity index (χ1n) is 6.48. The maximum absolute atomic E-state index is 11.8. The smallest absolute Gasteiger partial charge is 0.271 e. The van der Waals surface area contributed by atoms with E-state index in [4.69, 9.17) is 5.11 Å². The van der Waals surface area contributed by atoms with Crippen LogP contribution >= 0.6 is 0 Å². The lowest BCUT2D eigenvalue weighted by atomic mass is 10.1. The molecule has 0 fully saturated rings. The summed E-state index contributed by atoms with van der Waals surface area (Å²) >= 11 is 0. The number of nitrogens with one attached hydrogen (secondary N) is 1. The molecule has 102 valence electrons. The van der Waals surface area contributed by atoms with Gasteiger partial charge in [-0.2, -0.15) is 5.10 Å². The second kappa shape index (κ2) is 7.16. The van der Waals surface area contributed by atoms with E-state index >= 15 is 0 Å². The molecule has 0 bridgehead atoms. The summed E-state index contributed by atoms with van der Waals surface area (Å²) in [6.45, 7) is 6.92. The van der Waals surface area contributed by atoms with Gasteiger partial charge in [-0.3, -0.25) is 9.48 Å². The molecule has 1 aromatic heterocycles. The third-order valence-corrected chi connectivity index (χ3v) is 2.84. The minimum Gasteiger partial charge on any atom is -0.396 e. The van der Waals surface area contributed by atoms with Crippen LogP contribution in [0.5, 0.6) is 0 Å². The lowest BCUT2D eigenvalue weighted by molar-refractivity contribution is 0.0941. The highest BCUT2D eigenvalue weighted by Crippen LogP contribution is 2.06. The van der Waals surface area contributed by atoms with E-state index in [9.17, 15) is 4.79 Å². The lowest BCUT2D eigenvalue weighted by Crippen LogP contribution is -2.28. The molecule has 18 heavy (non-hydrogen) atoms. The summed E-state index contributed by atoms with van der Waals surface area (Å²) < 4.78 is 1.77. The second-order valence-corrected chi connectivity index (χ2v) is 4.96. The van der Waals surface area contributed by atoms with Crippen LogP contribution in [0.1, 0.15) is 50.1 Å². The normalized spacial score (nSPS) is 12.7. The highest BCUT2D eigenvalue weighted by molar-refractivity contribution is 5.92. The summed E-state index contributed by atoms with van der Waals surface area (Å²) in [5, 5.41) is 15.8. The summed E-state index contributed by atoms with van der Waals surface area (Å²) in [7, 11) is 0. The molecular weight excluding hydrogens is 230 g/mol. The summed E-state index contributed by atoms with van der Waals surface area (Å²) in [6, 6.07) is 1.99. The first-order valence-corrected chi connectivity index (χ1v) is 6.48. The van der Waals surface area contributed by atoms with Crippen LogP contribution in [0.3, 0.4) is 0 Å². The molecule has 1 aromatic rings. The molecule has 0 aromatic carbocycles. The van der Waals surface area contributed by atoms with Gasteiger partial charge >= 0.3 is 0 Å². The summed E-state index contributed by atoms with van der Waals surface area (Å²) in [5.41, 5.74) is 0.457. The van der Waals surface area contributed by atoms with Crippen molar-refractivity contribution < 1.29 is 9.90 Å². The number of aliphatic hydroxyl groups is 1. The number of hydrogen-bond acceptors (Lipinski definition) is 3. The van der Waals surface area contributed by atoms with E-state index < -0.39 is 0 Å². The van der Waals surface area contributed by atoms with Crippen LogP contribution in [0.4, 0.5) is 0 Å². The standard InChI is InChI=1S/C13H23N3O2/c1-10(2)16-7-6-12(15-16)13(18)14-9-11(3)5-4-8-17/h6-7,10-11,17H,4-5,8-9H2,1-3H3,(H,14,18). The Bertz CT molecular complexity index is 374. The quantitative estimate of drug-likeness (QED) is 0.775. The molecule has 1 heterocycles. The van der Waals surface area contributed by atoms with Crippen LogP contribution in [0, 0.1) is 5.92 Å². The van der Waals surface area contributed by atoms with E-state index in [0.717, 1.165) is 12.8 Å². The van der Waals surface area contributed by atoms with Gasteiger partial charge in [0.1, 0.15) is 5.69 Å². The number of aliphatic hydroxyl groups excluding tert-OH is 1. The zero-order valence-electron chi connectivity index (χ0n) is 11.4. The molecule has 1 unspecified atom stereocenters. The zero-order chi connectivity index (χ0) is 13.5. The monoisotopic (exact) mass is 253 g/mol. The molecule has 0 saturated carbocycles. The van der Waals surface area contributed by atoms with Gasteiger partial charge in [-0.15, -0.1) is 0 Å². The number of nitrogens with zero attached hydrogens (tertiary/aromatic N) is 2. The summed E-state index contributed by atoms with van der Waals surface area (Å²) in [6.07, 6.45) is 3.50. The van der Waals surface area contributed by atoms with Crippen molar-refractivity contribution in [3.05, 3.63) is 18.0 Å². The van der Waals surface area contributed by atoms with Crippen molar-refractivity contribution in [1.82, 2.24) is 15.1 Å². The molecule has 0 radical (unpaired) electrons. The minimum absolute atomic E-state index is 0.134. The summed E-state index contributed by atoms with van der Waals surface area (Å²) in [4.78, 5) is 11.8. The summed E-state index contributed by atoms with van der Waals surface area (Å²) in [5.74, 6) is 0.235. The average Bonchev–Trinajstić information content (AvgIpc) is 2.83. The Morgan fingerprint density at radius 3 is 2.78 bits per heavy atom. The fraction of sp³-hybridized carbons (Fsp3) is 0.692. The van der Waals surface area contributed by atoms with Crippen LogP contribution in [0.2, 0.25) is 0 Å². The molecule has 5 heteroatoms. The van der Waals surface area contributed by atoms with E-state index in [2.05, 4.69) is 17.3 Å². The highest BCUT2D eigenvalue weighted by atomic mass is 16.2. The Hall–Kier alpha value is -1.36. The molecule has 0 aliphatic heterocycles. The van der Waals surface area contributed by atoms with Crippen LogP contribution in [-0.2, 0) is 0 Å². The molecule has 2 N–H and O–H groups in total. The second-order valence-electron chi connectivity index (χ2n) is 4.96. The zero-order valence-corrected chi connectivity index (χ0v) is 11.4. The van der Waals surface area contributed by atoms with Gasteiger partial charge in [-0.25, -0.2) is 0 Å². The third kappa shape index (κ3) is 4.49. The Labute approximate surface area is 108 Å². The van der Waals surface area contributed by atoms with E-state index in [-0.39, 0.29) is 18.6 Å². The predicted octanol–water partition coefficient (Wildman–Crippen LogP) is 1.60. The van der Waals surface area contributed by atoms with Crippen LogP contribution in [0.25, 0.3) is 0 Å². The van der Waals surface area contributed by atoms with Gasteiger partial charge in [-0.05, 0) is 38.7 Å². The number of carbonyl (C=O) groups excluding carboxylic acids is 1. The Balaban J connectivity index is 2.40.